The Labute approximate surface area is 208 Å². The summed E-state index contributed by atoms with van der Waals surface area (Å²) in [7, 11) is -4.25. The van der Waals surface area contributed by atoms with E-state index in [-0.39, 0.29) is 36.6 Å². The molecule has 0 bridgehead atoms. The van der Waals surface area contributed by atoms with E-state index >= 15 is 0 Å². The Bertz CT molecular complexity index is 1380. The number of anilines is 2. The van der Waals surface area contributed by atoms with Gasteiger partial charge < -0.3 is 0 Å². The van der Waals surface area contributed by atoms with Crippen LogP contribution in [0.2, 0.25) is 0 Å². The van der Waals surface area contributed by atoms with Gasteiger partial charge in [-0.15, -0.1) is 0 Å². The van der Waals surface area contributed by atoms with Crippen LogP contribution in [0, 0.1) is 0 Å². The molecule has 0 saturated heterocycles. The minimum atomic E-state index is -3.75. The van der Waals surface area contributed by atoms with Gasteiger partial charge in [0.1, 0.15) is 0 Å². The van der Waals surface area contributed by atoms with Gasteiger partial charge in [-0.25, -0.2) is 0 Å². The van der Waals surface area contributed by atoms with Gasteiger partial charge in [0, 0.05) is 0 Å². The van der Waals surface area contributed by atoms with Crippen molar-refractivity contribution in [2.24, 2.45) is 14.1 Å². The number of rotatable bonds is 9. The van der Waals surface area contributed by atoms with Gasteiger partial charge >= 0.3 is 210 Å². The second kappa shape index (κ2) is 9.95. The van der Waals surface area contributed by atoms with E-state index < -0.39 is 20.0 Å². The van der Waals surface area contributed by atoms with Crippen molar-refractivity contribution >= 4 is 66.6 Å². The van der Waals surface area contributed by atoms with Crippen molar-refractivity contribution in [2.75, 3.05) is 9.44 Å². The summed E-state index contributed by atoms with van der Waals surface area (Å²) in [6.07, 6.45) is 6.02. The summed E-state index contributed by atoms with van der Waals surface area (Å²) in [5, 5.41) is -0.0930. The van der Waals surface area contributed by atoms with E-state index in [1.54, 1.807) is 50.8 Å². The topological polar surface area (TPSA) is 128 Å². The third-order valence-corrected chi connectivity index (χ3v) is 14.5. The molecule has 0 saturated carbocycles. The van der Waals surface area contributed by atoms with E-state index in [0.29, 0.717) is 11.4 Å². The molecule has 2 N–H and O–H groups in total. The molecular weight excluding hydrogens is 610 g/mol. The van der Waals surface area contributed by atoms with Crippen molar-refractivity contribution < 1.29 is 16.8 Å². The quantitative estimate of drug-likeness (QED) is 0.252. The monoisotopic (exact) mass is 632 g/mol. The van der Waals surface area contributed by atoms with Gasteiger partial charge in [-0.2, -0.15) is 0 Å². The van der Waals surface area contributed by atoms with Crippen LogP contribution in [0.25, 0.3) is 0 Å². The molecule has 10 nitrogen and oxygen atoms in total. The SMILES string of the molecule is Cn1ccnc1S(=O)(=O)Nc1ccc([Se][Se]c2ccc(NS(=O)(=O)c3nccn3C)cc2)cc1. The van der Waals surface area contributed by atoms with E-state index in [1.165, 1.54) is 21.5 Å². The van der Waals surface area contributed by atoms with Gasteiger partial charge in [0.15, 0.2) is 0 Å². The fraction of sp³-hybridized carbons (Fsp3) is 0.100. The van der Waals surface area contributed by atoms with Crippen LogP contribution in [0.5, 0.6) is 0 Å². The van der Waals surface area contributed by atoms with Crippen molar-refractivity contribution in [1.82, 2.24) is 19.1 Å². The van der Waals surface area contributed by atoms with Crippen LogP contribution in [0.4, 0.5) is 11.4 Å². The second-order valence-electron chi connectivity index (χ2n) is 7.07. The van der Waals surface area contributed by atoms with E-state index in [2.05, 4.69) is 19.4 Å². The van der Waals surface area contributed by atoms with Crippen LogP contribution < -0.4 is 18.4 Å². The fourth-order valence-corrected chi connectivity index (χ4v) is 11.2. The number of sulfonamides is 2. The average molecular weight is 630 g/mol. The molecule has 0 aliphatic carbocycles. The molecule has 34 heavy (non-hydrogen) atoms. The fourth-order valence-electron chi connectivity index (χ4n) is 2.88. The van der Waals surface area contributed by atoms with Gasteiger partial charge in [-0.05, 0) is 0 Å². The summed E-state index contributed by atoms with van der Waals surface area (Å²) < 4.78 is 60.0. The molecule has 2 aromatic heterocycles. The van der Waals surface area contributed by atoms with Crippen LogP contribution in [-0.2, 0) is 34.1 Å². The molecule has 14 heteroatoms. The first-order valence-electron chi connectivity index (χ1n) is 9.69. The number of nitrogens with one attached hydrogen (secondary N) is 2. The Morgan fingerprint density at radius 3 is 1.29 bits per heavy atom. The molecule has 0 fully saturated rings. The first-order valence-corrected chi connectivity index (χ1v) is 18.7. The first kappa shape index (κ1) is 24.5. The zero-order valence-corrected chi connectivity index (χ0v) is 23.0. The molecule has 0 aliphatic heterocycles. The molecule has 0 radical (unpaired) electrons. The first-order chi connectivity index (χ1) is 16.1. The number of nitrogens with zero attached hydrogens (tertiary/aromatic N) is 4. The minimum absolute atomic E-state index is 0.0465. The molecule has 178 valence electrons. The molecule has 4 aromatic rings. The summed E-state index contributed by atoms with van der Waals surface area (Å²) in [5.74, 6) is 0. The molecule has 0 aliphatic rings. The van der Waals surface area contributed by atoms with Crippen molar-refractivity contribution in [1.29, 1.82) is 0 Å². The molecule has 2 aromatic carbocycles. The van der Waals surface area contributed by atoms with Crippen LogP contribution in [0.3, 0.4) is 0 Å². The summed E-state index contributed by atoms with van der Waals surface area (Å²) in [6.45, 7) is 0. The number of benzene rings is 2. The third-order valence-electron chi connectivity index (χ3n) is 4.48. The molecule has 4 rings (SSSR count). The molecule has 0 atom stereocenters. The number of aryl methyl sites for hydroxylation is 2. The van der Waals surface area contributed by atoms with Crippen molar-refractivity contribution in [3.05, 3.63) is 73.3 Å². The van der Waals surface area contributed by atoms with E-state index in [9.17, 15) is 16.8 Å². The zero-order valence-electron chi connectivity index (χ0n) is 18.0. The van der Waals surface area contributed by atoms with Gasteiger partial charge in [0.25, 0.3) is 0 Å². The summed E-state index contributed by atoms with van der Waals surface area (Å²) >= 11 is 0.357. The zero-order chi connectivity index (χ0) is 24.3. The average Bonchev–Trinajstić information content (AvgIpc) is 3.43. The third kappa shape index (κ3) is 5.72. The number of imidazole rings is 2. The Balaban J connectivity index is 1.34. The predicted molar refractivity (Wildman–Crippen MR) is 132 cm³/mol. The van der Waals surface area contributed by atoms with Gasteiger partial charge in [-0.1, -0.05) is 0 Å². The van der Waals surface area contributed by atoms with Crippen molar-refractivity contribution in [3.8, 4) is 0 Å². The van der Waals surface area contributed by atoms with E-state index in [4.69, 9.17) is 0 Å². The van der Waals surface area contributed by atoms with Crippen molar-refractivity contribution in [2.45, 2.75) is 10.3 Å². The van der Waals surface area contributed by atoms with E-state index in [1.807, 2.05) is 24.3 Å². The molecule has 2 heterocycles. The Hall–Kier alpha value is -2.60. The molecular formula is C20H20N6O4S2Se2. The van der Waals surface area contributed by atoms with Crippen LogP contribution in [0.1, 0.15) is 0 Å². The van der Waals surface area contributed by atoms with Crippen molar-refractivity contribution in [3.63, 3.8) is 0 Å². The molecule has 0 unspecified atom stereocenters. The number of aromatic nitrogens is 4. The van der Waals surface area contributed by atoms with Gasteiger partial charge in [-0.3, -0.25) is 0 Å². The summed E-state index contributed by atoms with van der Waals surface area (Å²) in [6, 6.07) is 14.6. The molecule has 0 spiro atoms. The summed E-state index contributed by atoms with van der Waals surface area (Å²) in [4.78, 5) is 7.77. The van der Waals surface area contributed by atoms with Crippen LogP contribution in [0.15, 0.2) is 83.6 Å². The van der Waals surface area contributed by atoms with Gasteiger partial charge in [0.05, 0.1) is 0 Å². The number of hydrogen-bond acceptors (Lipinski definition) is 6. The maximum atomic E-state index is 12.4. The maximum absolute atomic E-state index is 12.4. The Morgan fingerprint density at radius 2 is 1.00 bits per heavy atom. The summed E-state index contributed by atoms with van der Waals surface area (Å²) in [5.41, 5.74) is 0.943. The van der Waals surface area contributed by atoms with Crippen LogP contribution >= 0.6 is 0 Å². The van der Waals surface area contributed by atoms with E-state index in [0.717, 1.165) is 8.92 Å². The standard InChI is InChI=1S/C20H20N6O4S2Se2/c1-25-13-11-21-19(25)31(27,28)23-15-3-7-17(8-4-15)33-34-18-9-5-16(6-10-18)24-32(29,30)20-22-12-14-26(20)2/h3-14,23-24H,1-2H3. The molecule has 0 amide bonds. The predicted octanol–water partition coefficient (Wildman–Crippen LogP) is 0.0294. The Morgan fingerprint density at radius 1 is 0.647 bits per heavy atom. The number of hydrogen-bond donors (Lipinski definition) is 2. The second-order valence-corrected chi connectivity index (χ2v) is 16.5. The normalized spacial score (nSPS) is 11.9. The van der Waals surface area contributed by atoms with Gasteiger partial charge in [0.2, 0.25) is 0 Å². The van der Waals surface area contributed by atoms with Crippen LogP contribution in [-0.4, -0.2) is 62.2 Å². The Kier molecular flexibility index (Phi) is 7.17.